The van der Waals surface area contributed by atoms with Crippen LogP contribution in [0.3, 0.4) is 0 Å². The molecule has 1 unspecified atom stereocenters. The number of para-hydroxylation sites is 2. The van der Waals surface area contributed by atoms with Gasteiger partial charge in [0.1, 0.15) is 5.69 Å². The quantitative estimate of drug-likeness (QED) is 0.418. The molecule has 2 aromatic carbocycles. The van der Waals surface area contributed by atoms with Crippen LogP contribution in [-0.4, -0.2) is 31.7 Å². The normalized spacial score (nSPS) is 12.6. The van der Waals surface area contributed by atoms with Crippen molar-refractivity contribution in [1.82, 2.24) is 30.5 Å². The molecule has 6 heteroatoms. The topological polar surface area (TPSA) is 82.3 Å². The molecule has 3 N–H and O–H groups in total. The fraction of sp³-hybridized carbons (Fsp3) is 0.174. The SMILES string of the molecule is CCNC(c1ccc2[nH]nc(-c3nc4ccccc4[nH]3)c2c1)c1cnccc1C. The first kappa shape index (κ1) is 17.6. The minimum absolute atomic E-state index is 0.0662. The van der Waals surface area contributed by atoms with E-state index in [2.05, 4.69) is 63.6 Å². The van der Waals surface area contributed by atoms with Crippen LogP contribution in [0, 0.1) is 6.92 Å². The number of H-pyrrole nitrogens is 2. The van der Waals surface area contributed by atoms with E-state index in [1.54, 1.807) is 0 Å². The number of aryl methyl sites for hydroxylation is 1. The molecule has 0 radical (unpaired) electrons. The number of nitrogens with zero attached hydrogens (tertiary/aromatic N) is 3. The summed E-state index contributed by atoms with van der Waals surface area (Å²) in [5, 5.41) is 12.3. The maximum Gasteiger partial charge on any atom is 0.159 e. The molecular weight excluding hydrogens is 360 g/mol. The molecule has 0 aliphatic carbocycles. The van der Waals surface area contributed by atoms with Crippen molar-refractivity contribution in [2.24, 2.45) is 0 Å². The molecule has 144 valence electrons. The van der Waals surface area contributed by atoms with Gasteiger partial charge in [0, 0.05) is 17.8 Å². The summed E-state index contributed by atoms with van der Waals surface area (Å²) < 4.78 is 0. The number of fused-ring (bicyclic) bond motifs is 2. The minimum atomic E-state index is 0.0662. The number of pyridine rings is 1. The maximum atomic E-state index is 4.72. The highest BCUT2D eigenvalue weighted by molar-refractivity contribution is 5.93. The van der Waals surface area contributed by atoms with Crippen molar-refractivity contribution in [2.45, 2.75) is 19.9 Å². The van der Waals surface area contributed by atoms with Gasteiger partial charge in [0.15, 0.2) is 5.82 Å². The third kappa shape index (κ3) is 3.07. The van der Waals surface area contributed by atoms with Gasteiger partial charge in [0.25, 0.3) is 0 Å². The number of hydrogen-bond donors (Lipinski definition) is 3. The molecule has 5 rings (SSSR count). The van der Waals surface area contributed by atoms with Crippen LogP contribution in [0.4, 0.5) is 0 Å². The summed E-state index contributed by atoms with van der Waals surface area (Å²) in [5.74, 6) is 0.771. The Bertz CT molecular complexity index is 1270. The van der Waals surface area contributed by atoms with Crippen LogP contribution in [0.2, 0.25) is 0 Å². The van der Waals surface area contributed by atoms with Gasteiger partial charge in [-0.3, -0.25) is 10.1 Å². The summed E-state index contributed by atoms with van der Waals surface area (Å²) >= 11 is 0. The number of hydrogen-bond acceptors (Lipinski definition) is 4. The summed E-state index contributed by atoms with van der Waals surface area (Å²) in [6.45, 7) is 5.10. The second-order valence-corrected chi connectivity index (χ2v) is 7.20. The molecule has 0 aliphatic rings. The molecule has 1 atom stereocenters. The zero-order valence-electron chi connectivity index (χ0n) is 16.4. The molecule has 29 heavy (non-hydrogen) atoms. The van der Waals surface area contributed by atoms with Gasteiger partial charge in [0.2, 0.25) is 0 Å². The summed E-state index contributed by atoms with van der Waals surface area (Å²) in [7, 11) is 0. The van der Waals surface area contributed by atoms with E-state index in [1.165, 1.54) is 16.7 Å². The molecule has 0 bridgehead atoms. The van der Waals surface area contributed by atoms with Crippen LogP contribution >= 0.6 is 0 Å². The van der Waals surface area contributed by atoms with Gasteiger partial charge in [-0.25, -0.2) is 4.98 Å². The Balaban J connectivity index is 1.64. The van der Waals surface area contributed by atoms with Gasteiger partial charge in [0.05, 0.1) is 22.6 Å². The van der Waals surface area contributed by atoms with E-state index in [1.807, 2.05) is 36.7 Å². The summed E-state index contributed by atoms with van der Waals surface area (Å²) in [5.41, 5.74) is 7.34. The van der Waals surface area contributed by atoms with Gasteiger partial charge in [-0.15, -0.1) is 0 Å². The molecule has 0 amide bonds. The minimum Gasteiger partial charge on any atom is -0.337 e. The third-order valence-corrected chi connectivity index (χ3v) is 5.33. The van der Waals surface area contributed by atoms with E-state index in [-0.39, 0.29) is 6.04 Å². The zero-order valence-corrected chi connectivity index (χ0v) is 16.4. The first-order valence-corrected chi connectivity index (χ1v) is 9.81. The van der Waals surface area contributed by atoms with Crippen molar-refractivity contribution < 1.29 is 0 Å². The predicted molar refractivity (Wildman–Crippen MR) is 116 cm³/mol. The van der Waals surface area contributed by atoms with Crippen LogP contribution in [0.15, 0.2) is 60.9 Å². The van der Waals surface area contributed by atoms with Gasteiger partial charge in [-0.2, -0.15) is 5.10 Å². The lowest BCUT2D eigenvalue weighted by Gasteiger charge is -2.20. The number of rotatable bonds is 5. The highest BCUT2D eigenvalue weighted by Gasteiger charge is 2.18. The number of nitrogens with one attached hydrogen (secondary N) is 3. The van der Waals surface area contributed by atoms with Crippen LogP contribution in [0.1, 0.15) is 29.7 Å². The van der Waals surface area contributed by atoms with Crippen LogP contribution in [0.25, 0.3) is 33.5 Å². The van der Waals surface area contributed by atoms with E-state index < -0.39 is 0 Å². The number of aromatic nitrogens is 5. The molecule has 3 aromatic heterocycles. The molecule has 0 spiro atoms. The molecule has 0 fully saturated rings. The Morgan fingerprint density at radius 2 is 1.97 bits per heavy atom. The van der Waals surface area contributed by atoms with E-state index in [0.717, 1.165) is 40.0 Å². The Hall–Kier alpha value is -3.51. The monoisotopic (exact) mass is 382 g/mol. The van der Waals surface area contributed by atoms with Crippen LogP contribution in [-0.2, 0) is 0 Å². The van der Waals surface area contributed by atoms with Crippen molar-refractivity contribution in [3.8, 4) is 11.5 Å². The summed E-state index contributed by atoms with van der Waals surface area (Å²) in [6, 6.07) is 16.6. The Labute approximate surface area is 168 Å². The Morgan fingerprint density at radius 3 is 2.79 bits per heavy atom. The molecule has 0 aliphatic heterocycles. The smallest absolute Gasteiger partial charge is 0.159 e. The highest BCUT2D eigenvalue weighted by atomic mass is 15.1. The molecule has 0 saturated carbocycles. The molecule has 0 saturated heterocycles. The van der Waals surface area contributed by atoms with Crippen molar-refractivity contribution in [2.75, 3.05) is 6.54 Å². The van der Waals surface area contributed by atoms with E-state index >= 15 is 0 Å². The number of aromatic amines is 2. The Kier molecular flexibility index (Phi) is 4.33. The standard InChI is InChI=1S/C23H22N6/c1-3-25-21(17-13-24-11-10-14(17)2)15-8-9-18-16(12-15)22(29-28-18)23-26-19-6-4-5-7-20(19)27-23/h4-13,21,25H,3H2,1-2H3,(H,26,27)(H,28,29). The maximum absolute atomic E-state index is 4.72. The van der Waals surface area contributed by atoms with Crippen molar-refractivity contribution in [1.29, 1.82) is 0 Å². The first-order chi connectivity index (χ1) is 14.2. The second kappa shape index (κ2) is 7.14. The van der Waals surface area contributed by atoms with Gasteiger partial charge < -0.3 is 10.3 Å². The number of imidazole rings is 1. The lowest BCUT2D eigenvalue weighted by Crippen LogP contribution is -2.22. The summed E-state index contributed by atoms with van der Waals surface area (Å²) in [4.78, 5) is 12.5. The molecular formula is C23H22N6. The largest absolute Gasteiger partial charge is 0.337 e. The van der Waals surface area contributed by atoms with Crippen molar-refractivity contribution >= 4 is 21.9 Å². The molecule has 6 nitrogen and oxygen atoms in total. The lowest BCUT2D eigenvalue weighted by atomic mass is 9.95. The molecule has 5 aromatic rings. The van der Waals surface area contributed by atoms with Gasteiger partial charge >= 0.3 is 0 Å². The summed E-state index contributed by atoms with van der Waals surface area (Å²) in [6.07, 6.45) is 3.78. The lowest BCUT2D eigenvalue weighted by molar-refractivity contribution is 0.626. The average molecular weight is 382 g/mol. The van der Waals surface area contributed by atoms with Crippen LogP contribution in [0.5, 0.6) is 0 Å². The van der Waals surface area contributed by atoms with E-state index in [4.69, 9.17) is 4.98 Å². The van der Waals surface area contributed by atoms with Crippen LogP contribution < -0.4 is 5.32 Å². The fourth-order valence-electron chi connectivity index (χ4n) is 3.85. The highest BCUT2D eigenvalue weighted by Crippen LogP contribution is 2.31. The Morgan fingerprint density at radius 1 is 1.07 bits per heavy atom. The number of benzene rings is 2. The first-order valence-electron chi connectivity index (χ1n) is 9.81. The van der Waals surface area contributed by atoms with Gasteiger partial charge in [-0.1, -0.05) is 25.1 Å². The van der Waals surface area contributed by atoms with E-state index in [0.29, 0.717) is 0 Å². The van der Waals surface area contributed by atoms with Crippen molar-refractivity contribution in [3.05, 3.63) is 77.6 Å². The third-order valence-electron chi connectivity index (χ3n) is 5.33. The van der Waals surface area contributed by atoms with E-state index in [9.17, 15) is 0 Å². The predicted octanol–water partition coefficient (Wildman–Crippen LogP) is 4.51. The fourth-order valence-corrected chi connectivity index (χ4v) is 3.85. The molecule has 3 heterocycles. The van der Waals surface area contributed by atoms with Gasteiger partial charge in [-0.05, 0) is 60.5 Å². The van der Waals surface area contributed by atoms with Crippen molar-refractivity contribution in [3.63, 3.8) is 0 Å². The second-order valence-electron chi connectivity index (χ2n) is 7.20. The average Bonchev–Trinajstić information content (AvgIpc) is 3.36. The zero-order chi connectivity index (χ0) is 19.8.